The van der Waals surface area contributed by atoms with Crippen molar-refractivity contribution in [3.63, 3.8) is 0 Å². The minimum atomic E-state index is 0.0939. The summed E-state index contributed by atoms with van der Waals surface area (Å²) >= 11 is 0. The van der Waals surface area contributed by atoms with Gasteiger partial charge in [-0.25, -0.2) is 0 Å². The molecule has 1 amide bonds. The fourth-order valence-corrected chi connectivity index (χ4v) is 3.12. The van der Waals surface area contributed by atoms with E-state index in [1.807, 2.05) is 36.1 Å². The number of ketones is 1. The molecule has 1 aliphatic heterocycles. The topological polar surface area (TPSA) is 40.6 Å². The molecule has 1 fully saturated rings. The lowest BCUT2D eigenvalue weighted by Crippen LogP contribution is -2.50. The van der Waals surface area contributed by atoms with Gasteiger partial charge in [-0.1, -0.05) is 60.1 Å². The lowest BCUT2D eigenvalue weighted by molar-refractivity contribution is -0.135. The first-order valence-corrected chi connectivity index (χ1v) is 10.5. The number of anilines is 1. The van der Waals surface area contributed by atoms with Gasteiger partial charge < -0.3 is 9.80 Å². The molecular formula is C23H38N2O2. The molecule has 0 bridgehead atoms. The Hall–Kier alpha value is -1.84. The number of carbonyl (C=O) groups excluding carboxylic acids is 2. The Balaban J connectivity index is 0.00000114. The Kier molecular flexibility index (Phi) is 10.1. The smallest absolute Gasteiger partial charge is 0.225 e. The number of para-hydroxylation sites is 1. The van der Waals surface area contributed by atoms with Gasteiger partial charge in [-0.05, 0) is 24.5 Å². The second-order valence-electron chi connectivity index (χ2n) is 7.87. The number of Topliss-reactive ketones (excluding diaryl/α,β-unsaturated/α-hetero) is 1. The van der Waals surface area contributed by atoms with E-state index in [0.29, 0.717) is 12.3 Å². The summed E-state index contributed by atoms with van der Waals surface area (Å²) in [5.74, 6) is 0.909. The molecule has 4 nitrogen and oxygen atoms in total. The average molecular weight is 375 g/mol. The summed E-state index contributed by atoms with van der Waals surface area (Å²) in [4.78, 5) is 29.1. The van der Waals surface area contributed by atoms with Crippen molar-refractivity contribution in [3.05, 3.63) is 29.8 Å². The summed E-state index contributed by atoms with van der Waals surface area (Å²) in [7, 11) is 0. The van der Waals surface area contributed by atoms with Crippen molar-refractivity contribution in [2.24, 2.45) is 11.8 Å². The van der Waals surface area contributed by atoms with Crippen LogP contribution in [0.4, 0.5) is 5.69 Å². The number of carbonyl (C=O) groups is 2. The van der Waals surface area contributed by atoms with E-state index in [2.05, 4.69) is 39.5 Å². The van der Waals surface area contributed by atoms with Crippen molar-refractivity contribution >= 4 is 17.4 Å². The maximum atomic E-state index is 12.5. The van der Waals surface area contributed by atoms with Crippen LogP contribution in [-0.2, 0) is 4.79 Å². The minimum absolute atomic E-state index is 0.0939. The number of piperazine rings is 1. The summed E-state index contributed by atoms with van der Waals surface area (Å²) in [6.07, 6.45) is 2.70. The van der Waals surface area contributed by atoms with Gasteiger partial charge in [-0.3, -0.25) is 9.59 Å². The molecule has 1 aliphatic rings. The number of nitrogens with zero attached hydrogens (tertiary/aromatic N) is 2. The molecule has 0 radical (unpaired) electrons. The monoisotopic (exact) mass is 374 g/mol. The molecular weight excluding hydrogens is 336 g/mol. The zero-order valence-electron chi connectivity index (χ0n) is 18.1. The van der Waals surface area contributed by atoms with E-state index in [1.165, 1.54) is 6.42 Å². The van der Waals surface area contributed by atoms with Crippen LogP contribution in [0, 0.1) is 11.8 Å². The number of rotatable bonds is 6. The lowest BCUT2D eigenvalue weighted by Gasteiger charge is -2.37. The largest absolute Gasteiger partial charge is 0.367 e. The minimum Gasteiger partial charge on any atom is -0.367 e. The summed E-state index contributed by atoms with van der Waals surface area (Å²) in [6, 6.07) is 7.87. The predicted molar refractivity (Wildman–Crippen MR) is 114 cm³/mol. The highest BCUT2D eigenvalue weighted by Gasteiger charge is 2.25. The number of amides is 1. The standard InChI is InChI=1S/C20H30N2O2.C3H8/c1-5-16(4)20(24)22-12-10-21(11-13-22)18-9-7-6-8-17(18)19(23)14-15(2)3;1-3-2/h6-9,15-16H,5,10-14H2,1-4H3;3H2,1-2H3. The van der Waals surface area contributed by atoms with Crippen LogP contribution < -0.4 is 4.90 Å². The van der Waals surface area contributed by atoms with Gasteiger partial charge in [0.2, 0.25) is 5.91 Å². The zero-order chi connectivity index (χ0) is 20.4. The van der Waals surface area contributed by atoms with Gasteiger partial charge >= 0.3 is 0 Å². The average Bonchev–Trinajstić information content (AvgIpc) is 2.67. The maximum Gasteiger partial charge on any atom is 0.225 e. The van der Waals surface area contributed by atoms with Crippen molar-refractivity contribution in [1.82, 2.24) is 4.90 Å². The quantitative estimate of drug-likeness (QED) is 0.656. The van der Waals surface area contributed by atoms with E-state index < -0.39 is 0 Å². The Bertz CT molecular complexity index is 590. The normalized spacial score (nSPS) is 15.2. The summed E-state index contributed by atoms with van der Waals surface area (Å²) in [5, 5.41) is 0. The molecule has 0 saturated carbocycles. The second-order valence-corrected chi connectivity index (χ2v) is 7.87. The molecule has 1 unspecified atom stereocenters. The van der Waals surface area contributed by atoms with E-state index in [4.69, 9.17) is 0 Å². The third kappa shape index (κ3) is 7.00. The molecule has 0 aliphatic carbocycles. The molecule has 1 heterocycles. The van der Waals surface area contributed by atoms with Gasteiger partial charge in [0.05, 0.1) is 0 Å². The van der Waals surface area contributed by atoms with Crippen molar-refractivity contribution in [1.29, 1.82) is 0 Å². The summed E-state index contributed by atoms with van der Waals surface area (Å²) < 4.78 is 0. The predicted octanol–water partition coefficient (Wildman–Crippen LogP) is 5.03. The number of hydrogen-bond acceptors (Lipinski definition) is 3. The van der Waals surface area contributed by atoms with Crippen LogP contribution in [0.3, 0.4) is 0 Å². The van der Waals surface area contributed by atoms with Gasteiger partial charge in [0.1, 0.15) is 0 Å². The Labute approximate surface area is 165 Å². The van der Waals surface area contributed by atoms with Gasteiger partial charge in [-0.15, -0.1) is 0 Å². The van der Waals surface area contributed by atoms with Gasteiger partial charge in [-0.2, -0.15) is 0 Å². The van der Waals surface area contributed by atoms with Crippen molar-refractivity contribution < 1.29 is 9.59 Å². The highest BCUT2D eigenvalue weighted by Crippen LogP contribution is 2.24. The van der Waals surface area contributed by atoms with Crippen LogP contribution in [0.2, 0.25) is 0 Å². The van der Waals surface area contributed by atoms with Gasteiger partial charge in [0.15, 0.2) is 5.78 Å². The molecule has 0 aromatic heterocycles. The highest BCUT2D eigenvalue weighted by molar-refractivity contribution is 6.01. The number of benzene rings is 1. The van der Waals surface area contributed by atoms with Crippen molar-refractivity contribution in [3.8, 4) is 0 Å². The third-order valence-corrected chi connectivity index (χ3v) is 4.76. The first-order valence-electron chi connectivity index (χ1n) is 10.5. The molecule has 27 heavy (non-hydrogen) atoms. The van der Waals surface area contributed by atoms with E-state index in [-0.39, 0.29) is 17.6 Å². The first kappa shape index (κ1) is 23.2. The van der Waals surface area contributed by atoms with E-state index in [9.17, 15) is 9.59 Å². The molecule has 152 valence electrons. The second kappa shape index (κ2) is 11.8. The van der Waals surface area contributed by atoms with Crippen LogP contribution >= 0.6 is 0 Å². The highest BCUT2D eigenvalue weighted by atomic mass is 16.2. The molecule has 4 heteroatoms. The third-order valence-electron chi connectivity index (χ3n) is 4.76. The van der Waals surface area contributed by atoms with Crippen molar-refractivity contribution in [2.45, 2.75) is 60.8 Å². The molecule has 1 atom stereocenters. The molecule has 1 aromatic carbocycles. The molecule has 0 N–H and O–H groups in total. The fourth-order valence-electron chi connectivity index (χ4n) is 3.12. The molecule has 2 rings (SSSR count). The number of hydrogen-bond donors (Lipinski definition) is 0. The van der Waals surface area contributed by atoms with Crippen LogP contribution in [-0.4, -0.2) is 42.8 Å². The first-order chi connectivity index (χ1) is 12.8. The Morgan fingerprint density at radius 2 is 1.52 bits per heavy atom. The molecule has 1 aromatic rings. The van der Waals surface area contributed by atoms with Gasteiger partial charge in [0, 0.05) is 49.8 Å². The Morgan fingerprint density at radius 1 is 0.963 bits per heavy atom. The maximum absolute atomic E-state index is 12.5. The zero-order valence-corrected chi connectivity index (χ0v) is 18.1. The van der Waals surface area contributed by atoms with E-state index in [1.54, 1.807) is 0 Å². The Morgan fingerprint density at radius 3 is 2.04 bits per heavy atom. The molecule has 0 spiro atoms. The summed E-state index contributed by atoms with van der Waals surface area (Å²) in [5.41, 5.74) is 1.83. The SMILES string of the molecule is CCC.CCC(C)C(=O)N1CCN(c2ccccc2C(=O)CC(C)C)CC1. The van der Waals surface area contributed by atoms with E-state index >= 15 is 0 Å². The fraction of sp³-hybridized carbons (Fsp3) is 0.652. The molecule has 1 saturated heterocycles. The lowest BCUT2D eigenvalue weighted by atomic mass is 9.99. The summed E-state index contributed by atoms with van der Waals surface area (Å²) in [6.45, 7) is 15.5. The van der Waals surface area contributed by atoms with E-state index in [0.717, 1.165) is 43.9 Å². The van der Waals surface area contributed by atoms with Crippen LogP contribution in [0.25, 0.3) is 0 Å². The van der Waals surface area contributed by atoms with Crippen LogP contribution in [0.15, 0.2) is 24.3 Å². The van der Waals surface area contributed by atoms with Crippen LogP contribution in [0.1, 0.15) is 71.2 Å². The van der Waals surface area contributed by atoms with Crippen LogP contribution in [0.5, 0.6) is 0 Å². The van der Waals surface area contributed by atoms with Gasteiger partial charge in [0.25, 0.3) is 0 Å². The van der Waals surface area contributed by atoms with Crippen molar-refractivity contribution in [2.75, 3.05) is 31.1 Å².